The molecule has 1 amide bonds. The molecule has 0 N–H and O–H groups in total. The number of likely N-dealkylation sites (N-methyl/N-ethyl adjacent to an activating group) is 1. The van der Waals surface area contributed by atoms with E-state index in [0.717, 1.165) is 6.42 Å². The number of fused-ring (bicyclic) bond motifs is 1. The van der Waals surface area contributed by atoms with Gasteiger partial charge in [-0.15, -0.1) is 11.8 Å². The summed E-state index contributed by atoms with van der Waals surface area (Å²) in [5.41, 5.74) is 0. The molecule has 1 saturated heterocycles. The maximum absolute atomic E-state index is 11.3. The van der Waals surface area contributed by atoms with Gasteiger partial charge in [0.2, 0.25) is 5.91 Å². The van der Waals surface area contributed by atoms with E-state index in [1.165, 1.54) is 4.91 Å². The van der Waals surface area contributed by atoms with E-state index in [0.29, 0.717) is 0 Å². The highest BCUT2D eigenvalue weighted by Crippen LogP contribution is 2.38. The summed E-state index contributed by atoms with van der Waals surface area (Å²) in [5.74, 6) is 0.0829. The molecule has 72 valence electrons. The molecule has 0 aliphatic carbocycles. The van der Waals surface area contributed by atoms with E-state index < -0.39 is 0 Å². The predicted octanol–water partition coefficient (Wildman–Crippen LogP) is 1.21. The molecule has 1 fully saturated rings. The normalized spacial score (nSPS) is 33.2. The molecule has 2 heterocycles. The van der Waals surface area contributed by atoms with E-state index in [2.05, 4.69) is 13.0 Å². The predicted molar refractivity (Wildman–Crippen MR) is 52.3 cm³/mol. The quantitative estimate of drug-likeness (QED) is 0.635. The van der Waals surface area contributed by atoms with E-state index >= 15 is 0 Å². The minimum Gasteiger partial charge on any atom is -0.361 e. The van der Waals surface area contributed by atoms with E-state index in [9.17, 15) is 4.79 Å². The molecule has 2 aliphatic heterocycles. The molecule has 0 aromatic rings. The molecule has 2 rings (SSSR count). The SMILES string of the molecule is CCC1=CC2OCC(=O)N(C)C2S1. The minimum atomic E-state index is 0.0829. The van der Waals surface area contributed by atoms with Crippen molar-refractivity contribution in [3.63, 3.8) is 0 Å². The molecule has 0 saturated carbocycles. The van der Waals surface area contributed by atoms with Crippen LogP contribution in [0.15, 0.2) is 11.0 Å². The van der Waals surface area contributed by atoms with Crippen molar-refractivity contribution in [2.75, 3.05) is 13.7 Å². The number of hydrogen-bond donors (Lipinski definition) is 0. The number of thioether (sulfide) groups is 1. The van der Waals surface area contributed by atoms with Crippen molar-refractivity contribution in [2.45, 2.75) is 24.8 Å². The minimum absolute atomic E-state index is 0.0829. The van der Waals surface area contributed by atoms with Crippen molar-refractivity contribution in [2.24, 2.45) is 0 Å². The largest absolute Gasteiger partial charge is 0.361 e. The van der Waals surface area contributed by atoms with E-state index in [1.54, 1.807) is 16.7 Å². The lowest BCUT2D eigenvalue weighted by atomic mass is 10.2. The number of carbonyl (C=O) groups is 1. The van der Waals surface area contributed by atoms with Crippen LogP contribution in [0.4, 0.5) is 0 Å². The van der Waals surface area contributed by atoms with Gasteiger partial charge in [0, 0.05) is 7.05 Å². The summed E-state index contributed by atoms with van der Waals surface area (Å²) in [6.07, 6.45) is 3.28. The zero-order valence-electron chi connectivity index (χ0n) is 7.82. The smallest absolute Gasteiger partial charge is 0.249 e. The van der Waals surface area contributed by atoms with Crippen molar-refractivity contribution >= 4 is 17.7 Å². The first kappa shape index (κ1) is 9.09. The Bertz CT molecular complexity index is 264. The summed E-state index contributed by atoms with van der Waals surface area (Å²) in [6.45, 7) is 2.35. The fraction of sp³-hybridized carbons (Fsp3) is 0.667. The van der Waals surface area contributed by atoms with Gasteiger partial charge in [-0.05, 0) is 17.4 Å². The third-order valence-electron chi connectivity index (χ3n) is 2.43. The maximum Gasteiger partial charge on any atom is 0.249 e. The zero-order valence-corrected chi connectivity index (χ0v) is 8.63. The topological polar surface area (TPSA) is 29.5 Å². The van der Waals surface area contributed by atoms with Crippen LogP contribution in [0.3, 0.4) is 0 Å². The van der Waals surface area contributed by atoms with E-state index in [1.807, 2.05) is 7.05 Å². The van der Waals surface area contributed by atoms with Gasteiger partial charge in [0.15, 0.2) is 0 Å². The van der Waals surface area contributed by atoms with Crippen molar-refractivity contribution < 1.29 is 9.53 Å². The molecule has 3 nitrogen and oxygen atoms in total. The molecule has 0 aromatic carbocycles. The van der Waals surface area contributed by atoms with Crippen molar-refractivity contribution in [3.05, 3.63) is 11.0 Å². The molecule has 0 radical (unpaired) electrons. The van der Waals surface area contributed by atoms with Crippen LogP contribution in [0.25, 0.3) is 0 Å². The number of morpholine rings is 1. The first-order chi connectivity index (χ1) is 6.22. The Morgan fingerprint density at radius 2 is 2.54 bits per heavy atom. The summed E-state index contributed by atoms with van der Waals surface area (Å²) in [6, 6.07) is 0. The van der Waals surface area contributed by atoms with E-state index in [-0.39, 0.29) is 24.0 Å². The van der Waals surface area contributed by atoms with Gasteiger partial charge >= 0.3 is 0 Å². The van der Waals surface area contributed by atoms with Crippen LogP contribution in [0.1, 0.15) is 13.3 Å². The Morgan fingerprint density at radius 3 is 3.23 bits per heavy atom. The van der Waals surface area contributed by atoms with Crippen LogP contribution < -0.4 is 0 Å². The van der Waals surface area contributed by atoms with Crippen molar-refractivity contribution in [3.8, 4) is 0 Å². The summed E-state index contributed by atoms with van der Waals surface area (Å²) in [5, 5.41) is 0.177. The number of ether oxygens (including phenoxy) is 1. The second kappa shape index (κ2) is 3.35. The van der Waals surface area contributed by atoms with Gasteiger partial charge in [-0.25, -0.2) is 0 Å². The van der Waals surface area contributed by atoms with Gasteiger partial charge < -0.3 is 9.64 Å². The lowest BCUT2D eigenvalue weighted by Crippen LogP contribution is -2.48. The average molecular weight is 199 g/mol. The summed E-state index contributed by atoms with van der Waals surface area (Å²) >= 11 is 1.75. The highest BCUT2D eigenvalue weighted by Gasteiger charge is 2.37. The summed E-state index contributed by atoms with van der Waals surface area (Å²) < 4.78 is 5.43. The molecule has 0 spiro atoms. The Kier molecular flexibility index (Phi) is 2.34. The molecule has 13 heavy (non-hydrogen) atoms. The third-order valence-corrected chi connectivity index (χ3v) is 3.98. The van der Waals surface area contributed by atoms with Gasteiger partial charge in [-0.3, -0.25) is 4.79 Å². The second-order valence-electron chi connectivity index (χ2n) is 3.28. The van der Waals surface area contributed by atoms with Crippen LogP contribution >= 0.6 is 11.8 Å². The summed E-state index contributed by atoms with van der Waals surface area (Å²) in [4.78, 5) is 14.4. The van der Waals surface area contributed by atoms with Crippen molar-refractivity contribution in [1.29, 1.82) is 0 Å². The monoisotopic (exact) mass is 199 g/mol. The number of amides is 1. The van der Waals surface area contributed by atoms with Crippen LogP contribution in [-0.4, -0.2) is 35.9 Å². The number of rotatable bonds is 1. The van der Waals surface area contributed by atoms with Crippen LogP contribution in [0.5, 0.6) is 0 Å². The van der Waals surface area contributed by atoms with Crippen LogP contribution in [0, 0.1) is 0 Å². The van der Waals surface area contributed by atoms with Crippen molar-refractivity contribution in [1.82, 2.24) is 4.90 Å². The van der Waals surface area contributed by atoms with Gasteiger partial charge in [0.05, 0.1) is 0 Å². The summed E-state index contributed by atoms with van der Waals surface area (Å²) in [7, 11) is 1.85. The third kappa shape index (κ3) is 1.48. The van der Waals surface area contributed by atoms with Gasteiger partial charge in [-0.1, -0.05) is 6.92 Å². The average Bonchev–Trinajstić information content (AvgIpc) is 2.55. The Balaban J connectivity index is 2.12. The fourth-order valence-corrected chi connectivity index (χ4v) is 2.83. The van der Waals surface area contributed by atoms with Crippen LogP contribution in [-0.2, 0) is 9.53 Å². The number of nitrogens with zero attached hydrogens (tertiary/aromatic N) is 1. The lowest BCUT2D eigenvalue weighted by Gasteiger charge is -2.33. The number of carbonyl (C=O) groups excluding carboxylic acids is 1. The molecule has 2 aliphatic rings. The molecule has 2 atom stereocenters. The first-order valence-corrected chi connectivity index (χ1v) is 5.35. The van der Waals surface area contributed by atoms with Gasteiger partial charge in [0.1, 0.15) is 18.1 Å². The lowest BCUT2D eigenvalue weighted by molar-refractivity contribution is -0.145. The molecular formula is C9H13NO2S. The Morgan fingerprint density at radius 1 is 1.77 bits per heavy atom. The standard InChI is InChI=1S/C9H13NO2S/c1-3-6-4-7-9(13-6)10(2)8(11)5-12-7/h4,7,9H,3,5H2,1-2H3. The molecule has 0 aromatic heterocycles. The van der Waals surface area contributed by atoms with Crippen LogP contribution in [0.2, 0.25) is 0 Å². The Labute approximate surface area is 82.1 Å². The van der Waals surface area contributed by atoms with Gasteiger partial charge in [-0.2, -0.15) is 0 Å². The highest BCUT2D eigenvalue weighted by atomic mass is 32.2. The molecule has 0 bridgehead atoms. The second-order valence-corrected chi connectivity index (χ2v) is 4.52. The number of allylic oxidation sites excluding steroid dienone is 1. The van der Waals surface area contributed by atoms with E-state index in [4.69, 9.17) is 4.74 Å². The van der Waals surface area contributed by atoms with Gasteiger partial charge in [0.25, 0.3) is 0 Å². The molecular weight excluding hydrogens is 186 g/mol. The Hall–Kier alpha value is -0.480. The first-order valence-electron chi connectivity index (χ1n) is 4.47. The highest BCUT2D eigenvalue weighted by molar-refractivity contribution is 8.03. The fourth-order valence-electron chi connectivity index (χ4n) is 1.57. The zero-order chi connectivity index (χ0) is 9.42. The maximum atomic E-state index is 11.3. The number of hydrogen-bond acceptors (Lipinski definition) is 3. The molecule has 2 unspecified atom stereocenters. The molecule has 4 heteroatoms.